The molecular weight excluding hydrogens is 584 g/mol. The molecule has 2 aromatic heterocycles. The molecule has 0 unspecified atom stereocenters. The summed E-state index contributed by atoms with van der Waals surface area (Å²) in [5.74, 6) is -3.62. The van der Waals surface area contributed by atoms with E-state index in [0.717, 1.165) is 63.3 Å². The SMILES string of the molecule is CC[C@@H](Oc1ccc(C(=O)NS(=O)(=O)c2cnc(OC3CCN(C)CC3)nc2)c(F)c1F)c1ccc(OCC2CC2)cn1. The van der Waals surface area contributed by atoms with Gasteiger partial charge < -0.3 is 19.1 Å². The number of piperidine rings is 1. The fourth-order valence-corrected chi connectivity index (χ4v) is 5.32. The molecule has 43 heavy (non-hydrogen) atoms. The minimum atomic E-state index is -4.50. The highest BCUT2D eigenvalue weighted by Crippen LogP contribution is 2.31. The van der Waals surface area contributed by atoms with E-state index < -0.39 is 49.9 Å². The number of carbonyl (C=O) groups is 1. The first-order valence-corrected chi connectivity index (χ1v) is 15.6. The van der Waals surface area contributed by atoms with Crippen LogP contribution in [0.25, 0.3) is 0 Å². The highest BCUT2D eigenvalue weighted by Gasteiger charge is 2.27. The molecule has 5 rings (SSSR count). The van der Waals surface area contributed by atoms with Crippen molar-refractivity contribution in [2.75, 3.05) is 26.7 Å². The maximum absolute atomic E-state index is 15.0. The number of benzene rings is 1. The number of hydrogen-bond acceptors (Lipinski definition) is 10. The first kappa shape index (κ1) is 30.5. The third kappa shape index (κ3) is 7.73. The van der Waals surface area contributed by atoms with Gasteiger partial charge in [-0.3, -0.25) is 9.78 Å². The molecule has 3 heterocycles. The van der Waals surface area contributed by atoms with Crippen molar-refractivity contribution in [3.63, 3.8) is 0 Å². The number of amides is 1. The molecule has 1 aliphatic carbocycles. The summed E-state index contributed by atoms with van der Waals surface area (Å²) in [7, 11) is -2.49. The van der Waals surface area contributed by atoms with Crippen LogP contribution in [0.3, 0.4) is 0 Å². The maximum atomic E-state index is 15.0. The third-order valence-electron chi connectivity index (χ3n) is 7.28. The number of ether oxygens (including phenoxy) is 3. The van der Waals surface area contributed by atoms with Gasteiger partial charge in [-0.1, -0.05) is 6.92 Å². The average Bonchev–Trinajstić information content (AvgIpc) is 3.83. The van der Waals surface area contributed by atoms with E-state index in [2.05, 4.69) is 19.9 Å². The Morgan fingerprint density at radius 1 is 1.02 bits per heavy atom. The van der Waals surface area contributed by atoms with Gasteiger partial charge in [-0.2, -0.15) is 4.39 Å². The number of rotatable bonds is 12. The Balaban J connectivity index is 1.21. The Kier molecular flexibility index (Phi) is 9.35. The number of halogens is 2. The molecule has 11 nitrogen and oxygen atoms in total. The summed E-state index contributed by atoms with van der Waals surface area (Å²) in [4.78, 5) is 26.6. The van der Waals surface area contributed by atoms with Gasteiger partial charge in [0.1, 0.15) is 22.9 Å². The molecule has 1 aliphatic heterocycles. The highest BCUT2D eigenvalue weighted by molar-refractivity contribution is 7.90. The number of likely N-dealkylation sites (tertiary alicyclic amines) is 1. The summed E-state index contributed by atoms with van der Waals surface area (Å²) in [6.07, 6.45) is 6.97. The smallest absolute Gasteiger partial charge is 0.316 e. The van der Waals surface area contributed by atoms with Crippen molar-refractivity contribution >= 4 is 15.9 Å². The molecule has 230 valence electrons. The predicted molar refractivity (Wildman–Crippen MR) is 150 cm³/mol. The second-order valence-electron chi connectivity index (χ2n) is 10.7. The van der Waals surface area contributed by atoms with Gasteiger partial charge in [0.15, 0.2) is 11.6 Å². The second kappa shape index (κ2) is 13.2. The molecule has 1 saturated carbocycles. The van der Waals surface area contributed by atoms with Crippen LogP contribution in [-0.2, 0) is 10.0 Å². The summed E-state index contributed by atoms with van der Waals surface area (Å²) in [6.45, 7) is 4.14. The molecule has 14 heteroatoms. The second-order valence-corrected chi connectivity index (χ2v) is 12.4. The van der Waals surface area contributed by atoms with E-state index in [0.29, 0.717) is 30.4 Å². The predicted octanol–water partition coefficient (Wildman–Crippen LogP) is 4.06. The fourth-order valence-electron chi connectivity index (χ4n) is 4.46. The van der Waals surface area contributed by atoms with Crippen molar-refractivity contribution in [2.24, 2.45) is 5.92 Å². The van der Waals surface area contributed by atoms with Crippen LogP contribution >= 0.6 is 0 Å². The molecule has 0 bridgehead atoms. The van der Waals surface area contributed by atoms with Crippen LogP contribution in [0.1, 0.15) is 61.2 Å². The van der Waals surface area contributed by atoms with E-state index in [9.17, 15) is 22.0 Å². The Hall–Kier alpha value is -3.91. The van der Waals surface area contributed by atoms with Gasteiger partial charge >= 0.3 is 6.01 Å². The molecule has 0 spiro atoms. The summed E-state index contributed by atoms with van der Waals surface area (Å²) in [5, 5.41) is 0. The van der Waals surface area contributed by atoms with Crippen LogP contribution in [0.5, 0.6) is 17.5 Å². The van der Waals surface area contributed by atoms with Gasteiger partial charge in [0, 0.05) is 13.1 Å². The molecular formula is C29H33F2N5O6S. The average molecular weight is 618 g/mol. The molecule has 0 radical (unpaired) electrons. The molecule has 1 N–H and O–H groups in total. The molecule has 2 fully saturated rings. The number of aromatic nitrogens is 3. The number of nitrogens with one attached hydrogen (secondary N) is 1. The zero-order valence-corrected chi connectivity index (χ0v) is 24.6. The number of hydrogen-bond donors (Lipinski definition) is 1. The first-order valence-electron chi connectivity index (χ1n) is 14.1. The van der Waals surface area contributed by atoms with E-state index in [1.807, 2.05) is 7.05 Å². The minimum absolute atomic E-state index is 0.00182. The van der Waals surface area contributed by atoms with Gasteiger partial charge in [-0.05, 0) is 69.3 Å². The van der Waals surface area contributed by atoms with Crippen molar-refractivity contribution in [3.05, 3.63) is 65.7 Å². The number of pyridine rings is 1. The van der Waals surface area contributed by atoms with Gasteiger partial charge in [0.2, 0.25) is 5.82 Å². The van der Waals surface area contributed by atoms with Gasteiger partial charge in [-0.25, -0.2) is 27.5 Å². The molecule has 1 aromatic carbocycles. The van der Waals surface area contributed by atoms with E-state index in [-0.39, 0.29) is 12.1 Å². The van der Waals surface area contributed by atoms with Gasteiger partial charge in [0.25, 0.3) is 15.9 Å². The van der Waals surface area contributed by atoms with Crippen molar-refractivity contribution in [1.82, 2.24) is 24.6 Å². The van der Waals surface area contributed by atoms with Gasteiger partial charge in [0.05, 0.1) is 36.5 Å². The lowest BCUT2D eigenvalue weighted by atomic mass is 10.1. The largest absolute Gasteiger partial charge is 0.492 e. The number of nitrogens with zero attached hydrogens (tertiary/aromatic N) is 4. The Morgan fingerprint density at radius 3 is 2.37 bits per heavy atom. The third-order valence-corrected chi connectivity index (χ3v) is 8.57. The lowest BCUT2D eigenvalue weighted by Gasteiger charge is -2.28. The fraction of sp³-hybridized carbons (Fsp3) is 0.448. The van der Waals surface area contributed by atoms with Crippen LogP contribution in [-0.4, -0.2) is 67.0 Å². The van der Waals surface area contributed by atoms with Crippen molar-refractivity contribution in [1.29, 1.82) is 0 Å². The lowest BCUT2D eigenvalue weighted by Crippen LogP contribution is -2.36. The number of carbonyl (C=O) groups excluding carboxylic acids is 1. The summed E-state index contributed by atoms with van der Waals surface area (Å²) < 4.78 is 74.2. The van der Waals surface area contributed by atoms with Crippen LogP contribution in [0.2, 0.25) is 0 Å². The molecule has 1 amide bonds. The molecule has 1 atom stereocenters. The lowest BCUT2D eigenvalue weighted by molar-refractivity contribution is 0.0976. The van der Waals surface area contributed by atoms with Crippen LogP contribution in [0.4, 0.5) is 8.78 Å². The zero-order chi connectivity index (χ0) is 30.6. The first-order chi connectivity index (χ1) is 20.6. The van der Waals surface area contributed by atoms with Crippen LogP contribution in [0.15, 0.2) is 47.8 Å². The summed E-state index contributed by atoms with van der Waals surface area (Å²) in [6, 6.07) is 5.44. The zero-order valence-electron chi connectivity index (χ0n) is 23.8. The monoisotopic (exact) mass is 617 g/mol. The quantitative estimate of drug-likeness (QED) is 0.317. The maximum Gasteiger partial charge on any atom is 0.316 e. The minimum Gasteiger partial charge on any atom is -0.492 e. The van der Waals surface area contributed by atoms with Crippen molar-refractivity contribution in [2.45, 2.75) is 56.1 Å². The summed E-state index contributed by atoms with van der Waals surface area (Å²) in [5.41, 5.74) is -0.334. The Labute approximate surface area is 248 Å². The molecule has 3 aromatic rings. The van der Waals surface area contributed by atoms with E-state index >= 15 is 0 Å². The standard InChI is InChI=1S/C29H33F2N5O6S/c1-3-24(23-8-6-20(14-32-23)40-17-18-4-5-18)42-25-9-7-22(26(30)27(25)31)28(37)35-43(38,39)21-15-33-29(34-16-21)41-19-10-12-36(2)13-11-19/h6-9,14-16,18-19,24H,3-5,10-13,17H2,1-2H3,(H,35,37)/t24-/m1/s1. The van der Waals surface area contributed by atoms with Crippen LogP contribution in [0, 0.1) is 17.6 Å². The van der Waals surface area contributed by atoms with Crippen molar-refractivity contribution in [3.8, 4) is 17.5 Å². The normalized spacial score (nSPS) is 16.8. The van der Waals surface area contributed by atoms with E-state index in [1.165, 1.54) is 0 Å². The molecule has 2 aliphatic rings. The van der Waals surface area contributed by atoms with Crippen molar-refractivity contribution < 1.29 is 36.2 Å². The summed E-state index contributed by atoms with van der Waals surface area (Å²) >= 11 is 0. The Bertz CT molecular complexity index is 1530. The number of sulfonamides is 1. The Morgan fingerprint density at radius 2 is 1.74 bits per heavy atom. The van der Waals surface area contributed by atoms with E-state index in [4.69, 9.17) is 14.2 Å². The molecule has 1 saturated heterocycles. The van der Waals surface area contributed by atoms with Crippen LogP contribution < -0.4 is 18.9 Å². The highest BCUT2D eigenvalue weighted by atomic mass is 32.2. The van der Waals surface area contributed by atoms with E-state index in [1.54, 1.807) is 30.0 Å². The van der Waals surface area contributed by atoms with Gasteiger partial charge in [-0.15, -0.1) is 0 Å². The topological polar surface area (TPSA) is 133 Å².